The van der Waals surface area contributed by atoms with Crippen molar-refractivity contribution in [2.24, 2.45) is 0 Å². The summed E-state index contributed by atoms with van der Waals surface area (Å²) in [6, 6.07) is 3.88. The molecule has 2 N–H and O–H groups in total. The molecule has 6 nitrogen and oxygen atoms in total. The van der Waals surface area contributed by atoms with E-state index in [9.17, 15) is 19.1 Å². The summed E-state index contributed by atoms with van der Waals surface area (Å²) in [6.45, 7) is 1.45. The first-order chi connectivity index (χ1) is 12.5. The van der Waals surface area contributed by atoms with Crippen molar-refractivity contribution in [2.75, 3.05) is 19.7 Å². The number of carbonyl (C=O) groups excluding carboxylic acids is 1. The molecule has 1 aromatic heterocycles. The van der Waals surface area contributed by atoms with Gasteiger partial charge in [-0.2, -0.15) is 0 Å². The molecule has 2 aliphatic rings. The zero-order valence-corrected chi connectivity index (χ0v) is 14.3. The number of aliphatic hydroxyl groups excluding tert-OH is 1. The Morgan fingerprint density at radius 2 is 2.12 bits per heavy atom. The number of pyridine rings is 1. The van der Waals surface area contributed by atoms with E-state index < -0.39 is 23.0 Å². The highest BCUT2D eigenvalue weighted by Crippen LogP contribution is 2.35. The van der Waals surface area contributed by atoms with Crippen molar-refractivity contribution >= 4 is 16.8 Å². The number of rotatable bonds is 1. The number of amides is 1. The molecule has 0 radical (unpaired) electrons. The van der Waals surface area contributed by atoms with Gasteiger partial charge in [0.25, 0.3) is 5.91 Å². The summed E-state index contributed by atoms with van der Waals surface area (Å²) in [5, 5.41) is 10.5. The lowest BCUT2D eigenvalue weighted by Crippen LogP contribution is -2.56. The molecule has 1 atom stereocenters. The van der Waals surface area contributed by atoms with Crippen molar-refractivity contribution in [3.05, 3.63) is 46.0 Å². The number of halogens is 1. The minimum atomic E-state index is -0.575. The molecule has 0 saturated carbocycles. The first kappa shape index (κ1) is 17.2. The molecule has 1 amide bonds. The van der Waals surface area contributed by atoms with E-state index in [1.165, 1.54) is 18.3 Å². The van der Waals surface area contributed by atoms with Gasteiger partial charge in [-0.25, -0.2) is 4.39 Å². The molecular weight excluding hydrogens is 339 g/mol. The summed E-state index contributed by atoms with van der Waals surface area (Å²) in [6.07, 6.45) is 3.51. The van der Waals surface area contributed by atoms with Crippen LogP contribution in [-0.4, -0.2) is 52.3 Å². The Kier molecular flexibility index (Phi) is 4.28. The number of hydrogen-bond donors (Lipinski definition) is 2. The summed E-state index contributed by atoms with van der Waals surface area (Å²) in [5.41, 5.74) is -0.556. The largest absolute Gasteiger partial charge is 0.390 e. The van der Waals surface area contributed by atoms with E-state index in [0.29, 0.717) is 44.5 Å². The molecule has 2 fully saturated rings. The van der Waals surface area contributed by atoms with Crippen LogP contribution in [0.4, 0.5) is 4.39 Å². The van der Waals surface area contributed by atoms with E-state index >= 15 is 0 Å². The van der Waals surface area contributed by atoms with Gasteiger partial charge < -0.3 is 19.7 Å². The van der Waals surface area contributed by atoms with Crippen molar-refractivity contribution in [3.8, 4) is 0 Å². The third-order valence-electron chi connectivity index (χ3n) is 5.59. The monoisotopic (exact) mass is 360 g/mol. The molecule has 3 heterocycles. The lowest BCUT2D eigenvalue weighted by Gasteiger charge is -2.46. The zero-order valence-electron chi connectivity index (χ0n) is 14.3. The normalized spacial score (nSPS) is 22.7. The second-order valence-corrected chi connectivity index (χ2v) is 7.08. The Bertz CT molecular complexity index is 902. The van der Waals surface area contributed by atoms with E-state index in [0.717, 1.165) is 12.5 Å². The number of aromatic amines is 1. The number of carbonyl (C=O) groups is 1. The maximum absolute atomic E-state index is 13.5. The predicted octanol–water partition coefficient (Wildman–Crippen LogP) is 1.81. The second-order valence-electron chi connectivity index (χ2n) is 7.08. The first-order valence-corrected chi connectivity index (χ1v) is 8.92. The number of aromatic nitrogens is 1. The standard InChI is InChI=1S/C19H21FN2O4/c20-12-3-4-15-13(10-12)17(24)14(11-21-15)18(25)22-7-5-19(6-8-22)16(23)2-1-9-26-19/h3-4,10-11,16,23H,1-2,5-9H2,(H,21,24)/t16-/m1/s1. The van der Waals surface area contributed by atoms with Crippen LogP contribution in [0.1, 0.15) is 36.0 Å². The number of aliphatic hydroxyl groups is 1. The smallest absolute Gasteiger partial charge is 0.259 e. The highest BCUT2D eigenvalue weighted by Gasteiger charge is 2.44. The van der Waals surface area contributed by atoms with Crippen molar-refractivity contribution in [1.29, 1.82) is 0 Å². The van der Waals surface area contributed by atoms with Gasteiger partial charge in [-0.15, -0.1) is 0 Å². The molecule has 2 saturated heterocycles. The third kappa shape index (κ3) is 2.81. The Balaban J connectivity index is 1.56. The molecule has 0 unspecified atom stereocenters. The van der Waals surface area contributed by atoms with Gasteiger partial charge in [-0.1, -0.05) is 0 Å². The third-order valence-corrected chi connectivity index (χ3v) is 5.59. The summed E-state index contributed by atoms with van der Waals surface area (Å²) < 4.78 is 19.3. The van der Waals surface area contributed by atoms with E-state index in [4.69, 9.17) is 4.74 Å². The Hall–Kier alpha value is -2.25. The number of hydrogen-bond acceptors (Lipinski definition) is 4. The molecule has 1 spiro atoms. The van der Waals surface area contributed by atoms with Crippen LogP contribution in [0.25, 0.3) is 10.9 Å². The number of nitrogens with zero attached hydrogens (tertiary/aromatic N) is 1. The van der Waals surface area contributed by atoms with Crippen LogP contribution in [0.5, 0.6) is 0 Å². The average molecular weight is 360 g/mol. The van der Waals surface area contributed by atoms with Gasteiger partial charge in [0.15, 0.2) is 0 Å². The Labute approximate surface area is 149 Å². The van der Waals surface area contributed by atoms with Gasteiger partial charge in [-0.3, -0.25) is 9.59 Å². The summed E-state index contributed by atoms with van der Waals surface area (Å²) in [7, 11) is 0. The maximum atomic E-state index is 13.5. The van der Waals surface area contributed by atoms with Gasteiger partial charge in [0, 0.05) is 36.8 Å². The van der Waals surface area contributed by atoms with Gasteiger partial charge in [0.1, 0.15) is 11.4 Å². The molecule has 26 heavy (non-hydrogen) atoms. The first-order valence-electron chi connectivity index (χ1n) is 8.92. The van der Waals surface area contributed by atoms with E-state index in [1.807, 2.05) is 0 Å². The molecule has 4 rings (SSSR count). The van der Waals surface area contributed by atoms with Crippen molar-refractivity contribution in [1.82, 2.24) is 9.88 Å². The molecule has 7 heteroatoms. The number of likely N-dealkylation sites (tertiary alicyclic amines) is 1. The van der Waals surface area contributed by atoms with Crippen molar-refractivity contribution < 1.29 is 19.0 Å². The van der Waals surface area contributed by atoms with Crippen molar-refractivity contribution in [2.45, 2.75) is 37.4 Å². The maximum Gasteiger partial charge on any atom is 0.259 e. The lowest BCUT2D eigenvalue weighted by atomic mass is 9.82. The number of piperidine rings is 1. The van der Waals surface area contributed by atoms with Gasteiger partial charge >= 0.3 is 0 Å². The average Bonchev–Trinajstić information content (AvgIpc) is 2.65. The molecule has 1 aromatic carbocycles. The van der Waals surface area contributed by atoms with Gasteiger partial charge in [-0.05, 0) is 43.9 Å². The fourth-order valence-corrected chi connectivity index (χ4v) is 4.00. The molecule has 2 aliphatic heterocycles. The van der Waals surface area contributed by atoms with Crippen LogP contribution in [0.2, 0.25) is 0 Å². The second kappa shape index (κ2) is 6.48. The summed E-state index contributed by atoms with van der Waals surface area (Å²) in [4.78, 5) is 29.9. The van der Waals surface area contributed by atoms with Crippen LogP contribution < -0.4 is 5.43 Å². The number of benzene rings is 1. The minimum Gasteiger partial charge on any atom is -0.390 e. The fourth-order valence-electron chi connectivity index (χ4n) is 4.00. The number of ether oxygens (including phenoxy) is 1. The molecule has 0 bridgehead atoms. The fraction of sp³-hybridized carbons (Fsp3) is 0.474. The number of H-pyrrole nitrogens is 1. The van der Waals surface area contributed by atoms with E-state index in [1.54, 1.807) is 4.90 Å². The number of fused-ring (bicyclic) bond motifs is 1. The summed E-state index contributed by atoms with van der Waals surface area (Å²) >= 11 is 0. The lowest BCUT2D eigenvalue weighted by molar-refractivity contribution is -0.174. The molecule has 0 aliphatic carbocycles. The zero-order chi connectivity index (χ0) is 18.3. The SMILES string of the molecule is O=C(c1c[nH]c2ccc(F)cc2c1=O)N1CCC2(CC1)OCCC[C@H]2O. The van der Waals surface area contributed by atoms with Gasteiger partial charge in [0.05, 0.1) is 11.7 Å². The molecule has 138 valence electrons. The number of nitrogens with one attached hydrogen (secondary N) is 1. The van der Waals surface area contributed by atoms with E-state index in [2.05, 4.69) is 4.98 Å². The summed E-state index contributed by atoms with van der Waals surface area (Å²) in [5.74, 6) is -0.895. The van der Waals surface area contributed by atoms with Gasteiger partial charge in [0.2, 0.25) is 5.43 Å². The molecule has 2 aromatic rings. The van der Waals surface area contributed by atoms with Crippen LogP contribution >= 0.6 is 0 Å². The van der Waals surface area contributed by atoms with Crippen molar-refractivity contribution in [3.63, 3.8) is 0 Å². The molecular formula is C19H21FN2O4. The van der Waals surface area contributed by atoms with Crippen LogP contribution in [-0.2, 0) is 4.74 Å². The minimum absolute atomic E-state index is 0.00385. The Morgan fingerprint density at radius 1 is 1.35 bits per heavy atom. The van der Waals surface area contributed by atoms with E-state index in [-0.39, 0.29) is 16.9 Å². The predicted molar refractivity (Wildman–Crippen MR) is 93.6 cm³/mol. The highest BCUT2D eigenvalue weighted by atomic mass is 19.1. The topological polar surface area (TPSA) is 82.6 Å². The quantitative estimate of drug-likeness (QED) is 0.813. The van der Waals surface area contributed by atoms with Crippen LogP contribution in [0.3, 0.4) is 0 Å². The Morgan fingerprint density at radius 3 is 2.85 bits per heavy atom. The highest BCUT2D eigenvalue weighted by molar-refractivity contribution is 5.97. The van der Waals surface area contributed by atoms with Crippen LogP contribution in [0, 0.1) is 5.82 Å². The van der Waals surface area contributed by atoms with Crippen LogP contribution in [0.15, 0.2) is 29.2 Å².